The van der Waals surface area contributed by atoms with Crippen molar-refractivity contribution in [2.45, 2.75) is 11.8 Å². The maximum atomic E-state index is 9.65. The Labute approximate surface area is 115 Å². The second-order valence-corrected chi connectivity index (χ2v) is 5.06. The highest BCUT2D eigenvalue weighted by Crippen LogP contribution is 2.17. The zero-order chi connectivity index (χ0) is 13.4. The Morgan fingerprint density at radius 3 is 1.44 bits per heavy atom. The molecule has 1 atom stereocenters. The summed E-state index contributed by atoms with van der Waals surface area (Å²) in [6.45, 7) is 1.56. The normalized spacial score (nSPS) is 11.0. The van der Waals surface area contributed by atoms with Crippen LogP contribution < -0.4 is 0 Å². The lowest BCUT2D eigenvalue weighted by Crippen LogP contribution is -2.06. The lowest BCUT2D eigenvalue weighted by molar-refractivity contribution is -0.135. The Morgan fingerprint density at radius 1 is 0.944 bits per heavy atom. The Kier molecular flexibility index (Phi) is 6.15. The van der Waals surface area contributed by atoms with Gasteiger partial charge in [-0.2, -0.15) is 0 Å². The first-order valence-electron chi connectivity index (χ1n) is 5.58. The lowest BCUT2D eigenvalue weighted by atomic mass is 10.1. The molecule has 2 nitrogen and oxygen atoms in total. The number of carboxylic acid groups (broad SMARTS) is 1. The molecule has 0 aliphatic heterocycles. The van der Waals surface area contributed by atoms with Crippen molar-refractivity contribution in [1.29, 1.82) is 0 Å². The molecule has 3 heteroatoms. The number of hydrogen-bond donors (Lipinski definition) is 1. The fourth-order valence-electron chi connectivity index (χ4n) is 1.26. The molecule has 94 valence electrons. The average molecular weight is 307 g/mol. The predicted molar refractivity (Wildman–Crippen MR) is 77.9 cm³/mol. The van der Waals surface area contributed by atoms with Crippen LogP contribution in [0.25, 0.3) is 11.1 Å². The van der Waals surface area contributed by atoms with E-state index in [4.69, 9.17) is 5.11 Å². The van der Waals surface area contributed by atoms with E-state index >= 15 is 0 Å². The van der Waals surface area contributed by atoms with Gasteiger partial charge in [0, 0.05) is 0 Å². The van der Waals surface area contributed by atoms with E-state index < -0.39 is 10.8 Å². The third-order valence-corrected chi connectivity index (χ3v) is 2.61. The maximum absolute atomic E-state index is 9.65. The van der Waals surface area contributed by atoms with Crippen molar-refractivity contribution in [3.8, 4) is 11.1 Å². The molecule has 2 rings (SSSR count). The minimum atomic E-state index is -0.824. The SMILES string of the molecule is CC(Br)C(=O)O.c1ccc(-c2ccccc2)cc1. The summed E-state index contributed by atoms with van der Waals surface area (Å²) in [5.74, 6) is -0.824. The van der Waals surface area contributed by atoms with Gasteiger partial charge in [0.15, 0.2) is 0 Å². The van der Waals surface area contributed by atoms with Gasteiger partial charge in [-0.25, -0.2) is 0 Å². The van der Waals surface area contributed by atoms with Crippen molar-refractivity contribution < 1.29 is 9.90 Å². The highest BCUT2D eigenvalue weighted by Gasteiger charge is 2.01. The number of carboxylic acids is 1. The van der Waals surface area contributed by atoms with Crippen LogP contribution in [-0.2, 0) is 4.79 Å². The number of aliphatic carboxylic acids is 1. The van der Waals surface area contributed by atoms with Gasteiger partial charge in [0.2, 0.25) is 0 Å². The molecule has 1 N–H and O–H groups in total. The second kappa shape index (κ2) is 7.67. The molecule has 0 amide bonds. The van der Waals surface area contributed by atoms with Gasteiger partial charge < -0.3 is 5.11 Å². The molecular formula is C15H15BrO2. The molecule has 0 spiro atoms. The summed E-state index contributed by atoms with van der Waals surface area (Å²) in [4.78, 5) is 9.23. The van der Waals surface area contributed by atoms with Crippen molar-refractivity contribution in [1.82, 2.24) is 0 Å². The Balaban J connectivity index is 0.000000232. The van der Waals surface area contributed by atoms with Crippen LogP contribution in [0.3, 0.4) is 0 Å². The van der Waals surface area contributed by atoms with Gasteiger partial charge in [-0.05, 0) is 18.1 Å². The molecular weight excluding hydrogens is 292 g/mol. The van der Waals surface area contributed by atoms with Gasteiger partial charge in [0.05, 0.1) is 0 Å². The van der Waals surface area contributed by atoms with Gasteiger partial charge >= 0.3 is 5.97 Å². The van der Waals surface area contributed by atoms with Gasteiger partial charge in [0.1, 0.15) is 4.83 Å². The van der Waals surface area contributed by atoms with E-state index in [0.717, 1.165) is 0 Å². The molecule has 0 radical (unpaired) electrons. The fraction of sp³-hybridized carbons (Fsp3) is 0.133. The first kappa shape index (κ1) is 14.5. The van der Waals surface area contributed by atoms with Crippen LogP contribution in [0.15, 0.2) is 60.7 Å². The minimum absolute atomic E-state index is 0.419. The summed E-state index contributed by atoms with van der Waals surface area (Å²) in [6.07, 6.45) is 0. The molecule has 18 heavy (non-hydrogen) atoms. The van der Waals surface area contributed by atoms with E-state index in [2.05, 4.69) is 64.5 Å². The highest BCUT2D eigenvalue weighted by molar-refractivity contribution is 9.10. The van der Waals surface area contributed by atoms with Crippen molar-refractivity contribution in [2.24, 2.45) is 0 Å². The Morgan fingerprint density at radius 2 is 1.22 bits per heavy atom. The van der Waals surface area contributed by atoms with Crippen molar-refractivity contribution in [3.05, 3.63) is 60.7 Å². The highest BCUT2D eigenvalue weighted by atomic mass is 79.9. The number of carbonyl (C=O) groups is 1. The van der Waals surface area contributed by atoms with Crippen molar-refractivity contribution >= 4 is 21.9 Å². The summed E-state index contributed by atoms with van der Waals surface area (Å²) in [5, 5.41) is 7.94. The summed E-state index contributed by atoms with van der Waals surface area (Å²) >= 11 is 2.84. The molecule has 2 aromatic rings. The predicted octanol–water partition coefficient (Wildman–Crippen LogP) is 4.21. The molecule has 1 unspecified atom stereocenters. The van der Waals surface area contributed by atoms with Crippen LogP contribution in [0, 0.1) is 0 Å². The molecule has 2 aromatic carbocycles. The van der Waals surface area contributed by atoms with Crippen LogP contribution in [-0.4, -0.2) is 15.9 Å². The quantitative estimate of drug-likeness (QED) is 0.844. The summed E-state index contributed by atoms with van der Waals surface area (Å²) in [5.41, 5.74) is 2.55. The standard InChI is InChI=1S/C12H10.C3H5BrO2/c1-3-7-11(8-4-1)12-9-5-2-6-10-12;1-2(4)3(5)6/h1-10H;2H,1H3,(H,5,6). The molecule has 0 aliphatic carbocycles. The summed E-state index contributed by atoms with van der Waals surface area (Å²) in [7, 11) is 0. The van der Waals surface area contributed by atoms with Gasteiger partial charge in [-0.1, -0.05) is 76.6 Å². The maximum Gasteiger partial charge on any atom is 0.316 e. The van der Waals surface area contributed by atoms with Crippen LogP contribution in [0.2, 0.25) is 0 Å². The molecule has 0 aromatic heterocycles. The van der Waals surface area contributed by atoms with E-state index in [1.54, 1.807) is 6.92 Å². The number of halogens is 1. The van der Waals surface area contributed by atoms with Crippen molar-refractivity contribution in [3.63, 3.8) is 0 Å². The number of hydrogen-bond acceptors (Lipinski definition) is 1. The topological polar surface area (TPSA) is 37.3 Å². The molecule has 0 saturated heterocycles. The monoisotopic (exact) mass is 306 g/mol. The summed E-state index contributed by atoms with van der Waals surface area (Å²) in [6, 6.07) is 20.8. The van der Waals surface area contributed by atoms with Crippen LogP contribution in [0.5, 0.6) is 0 Å². The van der Waals surface area contributed by atoms with Gasteiger partial charge in [-0.15, -0.1) is 0 Å². The third-order valence-electron chi connectivity index (χ3n) is 2.22. The van der Waals surface area contributed by atoms with E-state index in [1.165, 1.54) is 11.1 Å². The van der Waals surface area contributed by atoms with E-state index in [0.29, 0.717) is 0 Å². The summed E-state index contributed by atoms with van der Waals surface area (Å²) < 4.78 is 0. The number of benzene rings is 2. The average Bonchev–Trinajstić information content (AvgIpc) is 2.41. The molecule has 0 aliphatic rings. The van der Waals surface area contributed by atoms with Gasteiger partial charge in [0.25, 0.3) is 0 Å². The minimum Gasteiger partial charge on any atom is -0.480 e. The number of rotatable bonds is 2. The first-order valence-corrected chi connectivity index (χ1v) is 6.50. The zero-order valence-corrected chi connectivity index (χ0v) is 11.7. The number of alkyl halides is 1. The van der Waals surface area contributed by atoms with Crippen LogP contribution in [0.1, 0.15) is 6.92 Å². The Hall–Kier alpha value is -1.61. The molecule has 0 saturated carbocycles. The van der Waals surface area contributed by atoms with Crippen LogP contribution in [0.4, 0.5) is 0 Å². The third kappa shape index (κ3) is 5.15. The Bertz CT molecular complexity index is 429. The molecule has 0 bridgehead atoms. The zero-order valence-electron chi connectivity index (χ0n) is 10.1. The first-order chi connectivity index (χ1) is 8.61. The van der Waals surface area contributed by atoms with Crippen LogP contribution >= 0.6 is 15.9 Å². The largest absolute Gasteiger partial charge is 0.480 e. The van der Waals surface area contributed by atoms with Crippen molar-refractivity contribution in [2.75, 3.05) is 0 Å². The molecule has 0 heterocycles. The van der Waals surface area contributed by atoms with Gasteiger partial charge in [-0.3, -0.25) is 4.79 Å². The molecule has 0 fully saturated rings. The fourth-order valence-corrected chi connectivity index (χ4v) is 1.26. The van der Waals surface area contributed by atoms with E-state index in [9.17, 15) is 4.79 Å². The lowest BCUT2D eigenvalue weighted by Gasteiger charge is -1.98. The second-order valence-electron chi connectivity index (χ2n) is 3.69. The smallest absolute Gasteiger partial charge is 0.316 e. The van der Waals surface area contributed by atoms with E-state index in [-0.39, 0.29) is 0 Å². The van der Waals surface area contributed by atoms with E-state index in [1.807, 2.05) is 12.1 Å².